The molecule has 0 radical (unpaired) electrons. The molecule has 2 fully saturated rings. The number of ether oxygens (including phenoxy) is 3. The van der Waals surface area contributed by atoms with Gasteiger partial charge in [-0.2, -0.15) is 0 Å². The average molecular weight is 360 g/mol. The minimum Gasteiger partial charge on any atom is -0.497 e. The number of nitrogens with zero attached hydrogens (tertiary/aromatic N) is 2. The van der Waals surface area contributed by atoms with Crippen LogP contribution in [0.25, 0.3) is 6.08 Å². The standard InChI is InChI=1S/C20H28N2O4/c1-24-17-7-5-16(19(14-17)25-2)6-8-20(23)22-11-9-21(10-12-22)15-18-4-3-13-26-18/h5-8,14,18H,3-4,9-13,15H2,1-2H3. The number of hydrogen-bond donors (Lipinski definition) is 0. The zero-order valence-corrected chi connectivity index (χ0v) is 15.6. The lowest BCUT2D eigenvalue weighted by Crippen LogP contribution is -2.50. The quantitative estimate of drug-likeness (QED) is 0.727. The molecule has 0 aliphatic carbocycles. The molecule has 26 heavy (non-hydrogen) atoms. The predicted octanol–water partition coefficient (Wildman–Crippen LogP) is 2.04. The molecular weight excluding hydrogens is 332 g/mol. The van der Waals surface area contributed by atoms with Crippen molar-refractivity contribution < 1.29 is 19.0 Å². The van der Waals surface area contributed by atoms with Crippen molar-refractivity contribution in [1.29, 1.82) is 0 Å². The van der Waals surface area contributed by atoms with Crippen molar-refractivity contribution in [3.8, 4) is 11.5 Å². The highest BCUT2D eigenvalue weighted by Crippen LogP contribution is 2.25. The number of methoxy groups -OCH3 is 2. The predicted molar refractivity (Wildman–Crippen MR) is 101 cm³/mol. The van der Waals surface area contributed by atoms with Crippen LogP contribution in [0.4, 0.5) is 0 Å². The van der Waals surface area contributed by atoms with Gasteiger partial charge in [0.05, 0.1) is 20.3 Å². The number of piperazine rings is 1. The van der Waals surface area contributed by atoms with Crippen molar-refractivity contribution in [2.75, 3.05) is 53.6 Å². The Bertz CT molecular complexity index is 633. The van der Waals surface area contributed by atoms with Gasteiger partial charge in [-0.3, -0.25) is 9.69 Å². The first-order valence-electron chi connectivity index (χ1n) is 9.22. The van der Waals surface area contributed by atoms with Crippen molar-refractivity contribution in [2.45, 2.75) is 18.9 Å². The van der Waals surface area contributed by atoms with E-state index in [9.17, 15) is 4.79 Å². The van der Waals surface area contributed by atoms with Crippen LogP contribution in [0.5, 0.6) is 11.5 Å². The number of carbonyl (C=O) groups is 1. The van der Waals surface area contributed by atoms with Gasteiger partial charge in [0.25, 0.3) is 0 Å². The van der Waals surface area contributed by atoms with Gasteiger partial charge in [-0.15, -0.1) is 0 Å². The van der Waals surface area contributed by atoms with Crippen LogP contribution in [0, 0.1) is 0 Å². The molecule has 1 aromatic rings. The average Bonchev–Trinajstić information content (AvgIpc) is 3.19. The molecule has 2 aliphatic heterocycles. The summed E-state index contributed by atoms with van der Waals surface area (Å²) in [6.45, 7) is 5.21. The normalized spacial score (nSPS) is 21.3. The molecule has 0 saturated carbocycles. The second kappa shape index (κ2) is 9.05. The topological polar surface area (TPSA) is 51.2 Å². The summed E-state index contributed by atoms with van der Waals surface area (Å²) in [7, 11) is 3.23. The van der Waals surface area contributed by atoms with Crippen LogP contribution in [0.1, 0.15) is 18.4 Å². The fourth-order valence-electron chi connectivity index (χ4n) is 3.45. The van der Waals surface area contributed by atoms with Crippen molar-refractivity contribution in [1.82, 2.24) is 9.80 Å². The Balaban J connectivity index is 1.51. The van der Waals surface area contributed by atoms with Gasteiger partial charge < -0.3 is 19.1 Å². The van der Waals surface area contributed by atoms with Crippen molar-refractivity contribution >= 4 is 12.0 Å². The SMILES string of the molecule is COc1ccc(C=CC(=O)N2CCN(CC3CCCO3)CC2)c(OC)c1. The Labute approximate surface area is 155 Å². The van der Waals surface area contributed by atoms with E-state index in [2.05, 4.69) is 4.90 Å². The summed E-state index contributed by atoms with van der Waals surface area (Å²) in [5, 5.41) is 0. The third kappa shape index (κ3) is 4.77. The second-order valence-corrected chi connectivity index (χ2v) is 6.70. The zero-order valence-electron chi connectivity index (χ0n) is 15.6. The van der Waals surface area contributed by atoms with Crippen LogP contribution < -0.4 is 9.47 Å². The summed E-state index contributed by atoms with van der Waals surface area (Å²) in [4.78, 5) is 16.8. The monoisotopic (exact) mass is 360 g/mol. The number of carbonyl (C=O) groups excluding carboxylic acids is 1. The van der Waals surface area contributed by atoms with Gasteiger partial charge in [0.15, 0.2) is 0 Å². The summed E-state index contributed by atoms with van der Waals surface area (Å²) < 4.78 is 16.3. The summed E-state index contributed by atoms with van der Waals surface area (Å²) in [5.41, 5.74) is 0.860. The second-order valence-electron chi connectivity index (χ2n) is 6.70. The van der Waals surface area contributed by atoms with Gasteiger partial charge in [0.2, 0.25) is 5.91 Å². The molecule has 2 saturated heterocycles. The summed E-state index contributed by atoms with van der Waals surface area (Å²) in [5.74, 6) is 1.46. The molecule has 142 valence electrons. The Morgan fingerprint density at radius 2 is 2.04 bits per heavy atom. The molecule has 6 nitrogen and oxygen atoms in total. The fraction of sp³-hybridized carbons (Fsp3) is 0.550. The lowest BCUT2D eigenvalue weighted by atomic mass is 10.1. The number of benzene rings is 1. The van der Waals surface area contributed by atoms with Gasteiger partial charge in [-0.05, 0) is 31.1 Å². The van der Waals surface area contributed by atoms with Crippen molar-refractivity contribution in [3.63, 3.8) is 0 Å². The first kappa shape index (κ1) is 18.7. The van der Waals surface area contributed by atoms with E-state index in [0.717, 1.165) is 57.1 Å². The molecule has 2 heterocycles. The van der Waals surface area contributed by atoms with Crippen LogP contribution in [-0.4, -0.2) is 75.4 Å². The third-order valence-electron chi connectivity index (χ3n) is 5.02. The van der Waals surface area contributed by atoms with Crippen LogP contribution in [0.3, 0.4) is 0 Å². The van der Waals surface area contributed by atoms with Crippen LogP contribution in [0.15, 0.2) is 24.3 Å². The molecule has 1 atom stereocenters. The first-order chi connectivity index (χ1) is 12.7. The van der Waals surface area contributed by atoms with Gasteiger partial charge in [0, 0.05) is 57.0 Å². The summed E-state index contributed by atoms with van der Waals surface area (Å²) >= 11 is 0. The molecule has 0 N–H and O–H groups in total. The first-order valence-corrected chi connectivity index (χ1v) is 9.22. The molecule has 1 unspecified atom stereocenters. The van der Waals surface area contributed by atoms with Crippen LogP contribution in [0.2, 0.25) is 0 Å². The highest BCUT2D eigenvalue weighted by Gasteiger charge is 2.24. The maximum atomic E-state index is 12.5. The lowest BCUT2D eigenvalue weighted by molar-refractivity contribution is -0.127. The Morgan fingerprint density at radius 3 is 2.69 bits per heavy atom. The Hall–Kier alpha value is -2.05. The van der Waals surface area contributed by atoms with E-state index in [1.54, 1.807) is 26.4 Å². The molecular formula is C20H28N2O4. The van der Waals surface area contributed by atoms with Crippen LogP contribution >= 0.6 is 0 Å². The van der Waals surface area contributed by atoms with Gasteiger partial charge in [-0.1, -0.05) is 0 Å². The largest absolute Gasteiger partial charge is 0.497 e. The smallest absolute Gasteiger partial charge is 0.246 e. The molecule has 2 aliphatic rings. The van der Waals surface area contributed by atoms with Crippen molar-refractivity contribution in [2.24, 2.45) is 0 Å². The Kier molecular flexibility index (Phi) is 6.52. The molecule has 1 amide bonds. The highest BCUT2D eigenvalue weighted by atomic mass is 16.5. The Morgan fingerprint density at radius 1 is 1.23 bits per heavy atom. The molecule has 0 bridgehead atoms. The van der Waals surface area contributed by atoms with Gasteiger partial charge in [0.1, 0.15) is 11.5 Å². The third-order valence-corrected chi connectivity index (χ3v) is 5.02. The van der Waals surface area contributed by atoms with E-state index in [4.69, 9.17) is 14.2 Å². The highest BCUT2D eigenvalue weighted by molar-refractivity contribution is 5.92. The summed E-state index contributed by atoms with van der Waals surface area (Å²) in [6.07, 6.45) is 6.13. The maximum absolute atomic E-state index is 12.5. The van der Waals surface area contributed by atoms with Gasteiger partial charge in [-0.25, -0.2) is 0 Å². The number of hydrogen-bond acceptors (Lipinski definition) is 5. The minimum atomic E-state index is 0.0413. The van der Waals surface area contributed by atoms with Crippen LogP contribution in [-0.2, 0) is 9.53 Å². The molecule has 6 heteroatoms. The zero-order chi connectivity index (χ0) is 18.4. The summed E-state index contributed by atoms with van der Waals surface area (Å²) in [6, 6.07) is 5.56. The van der Waals surface area contributed by atoms with E-state index >= 15 is 0 Å². The number of rotatable bonds is 6. The van der Waals surface area contributed by atoms with E-state index in [-0.39, 0.29) is 5.91 Å². The van der Waals surface area contributed by atoms with E-state index < -0.39 is 0 Å². The minimum absolute atomic E-state index is 0.0413. The molecule has 1 aromatic carbocycles. The maximum Gasteiger partial charge on any atom is 0.246 e. The number of amides is 1. The van der Waals surface area contributed by atoms with E-state index in [0.29, 0.717) is 11.9 Å². The lowest BCUT2D eigenvalue weighted by Gasteiger charge is -2.35. The van der Waals surface area contributed by atoms with E-state index in [1.165, 1.54) is 6.42 Å². The fourth-order valence-corrected chi connectivity index (χ4v) is 3.45. The van der Waals surface area contributed by atoms with E-state index in [1.807, 2.05) is 23.1 Å². The molecule has 0 spiro atoms. The van der Waals surface area contributed by atoms with Crippen molar-refractivity contribution in [3.05, 3.63) is 29.8 Å². The molecule has 0 aromatic heterocycles. The molecule has 3 rings (SSSR count). The van der Waals surface area contributed by atoms with Gasteiger partial charge >= 0.3 is 0 Å².